The van der Waals surface area contributed by atoms with Crippen LogP contribution in [0.5, 0.6) is 0 Å². The lowest BCUT2D eigenvalue weighted by atomic mass is 10.0. The number of benzene rings is 1. The zero-order valence-corrected chi connectivity index (χ0v) is 23.2. The summed E-state index contributed by atoms with van der Waals surface area (Å²) in [6.07, 6.45) is 0.496. The molecule has 2 atom stereocenters. The van der Waals surface area contributed by atoms with Gasteiger partial charge in [-0.2, -0.15) is 0 Å². The second-order valence-corrected chi connectivity index (χ2v) is 12.1. The minimum absolute atomic E-state index is 0.154. The second-order valence-electron chi connectivity index (χ2n) is 10.4. The van der Waals surface area contributed by atoms with Crippen molar-refractivity contribution in [1.82, 2.24) is 10.6 Å². The summed E-state index contributed by atoms with van der Waals surface area (Å²) >= 11 is 7.08. The van der Waals surface area contributed by atoms with Crippen LogP contribution < -0.4 is 20.4 Å². The summed E-state index contributed by atoms with van der Waals surface area (Å²) in [4.78, 5) is 40.7. The molecule has 38 heavy (non-hydrogen) atoms. The molecule has 2 aliphatic heterocycles. The molecule has 12 heteroatoms. The van der Waals surface area contributed by atoms with Crippen LogP contribution in [0.25, 0.3) is 0 Å². The predicted molar refractivity (Wildman–Crippen MR) is 145 cm³/mol. The summed E-state index contributed by atoms with van der Waals surface area (Å²) in [5, 5.41) is 5.71. The average Bonchev–Trinajstić information content (AvgIpc) is 3.28. The average molecular weight is 567 g/mol. The van der Waals surface area contributed by atoms with Crippen molar-refractivity contribution in [3.63, 3.8) is 0 Å². The minimum atomic E-state index is -0.598. The predicted octanol–water partition coefficient (Wildman–Crippen LogP) is 5.04. The van der Waals surface area contributed by atoms with Gasteiger partial charge in [0, 0.05) is 38.1 Å². The van der Waals surface area contributed by atoms with Gasteiger partial charge in [0.1, 0.15) is 11.4 Å². The fourth-order valence-electron chi connectivity index (χ4n) is 4.46. The molecule has 2 N–H and O–H groups in total. The van der Waals surface area contributed by atoms with Crippen molar-refractivity contribution in [2.45, 2.75) is 45.3 Å². The van der Waals surface area contributed by atoms with Gasteiger partial charge in [-0.25, -0.2) is 14.0 Å². The lowest BCUT2D eigenvalue weighted by Crippen LogP contribution is -2.49. The third kappa shape index (κ3) is 7.28. The highest BCUT2D eigenvalue weighted by Crippen LogP contribution is 2.29. The molecule has 1 aromatic heterocycles. The number of halogens is 2. The number of ether oxygens (including phenoxy) is 2. The van der Waals surface area contributed by atoms with E-state index in [2.05, 4.69) is 10.6 Å². The highest BCUT2D eigenvalue weighted by molar-refractivity contribution is 7.18. The third-order valence-corrected chi connectivity index (χ3v) is 7.41. The molecule has 9 nitrogen and oxygen atoms in total. The molecule has 0 bridgehead atoms. The van der Waals surface area contributed by atoms with Crippen LogP contribution >= 0.6 is 22.9 Å². The summed E-state index contributed by atoms with van der Waals surface area (Å²) in [5.41, 5.74) is 0.171. The highest BCUT2D eigenvalue weighted by atomic mass is 35.5. The standard InChI is InChI=1S/C26H32ClFN4O5S/c1-26(2,3)37-24(34)30-17-5-4-10-31(14-17)20-7-6-18(11-19(20)28)32-13-16(15-36-25(32)35)12-29-23(33)21-8-9-22(27)38-21/h6-9,11,16-17H,4-5,10,12-15H2,1-3H3,(H,29,33)(H,30,34). The molecule has 1 aromatic carbocycles. The first kappa shape index (κ1) is 28.0. The van der Waals surface area contributed by atoms with Gasteiger partial charge in [-0.15, -0.1) is 11.3 Å². The molecule has 206 valence electrons. The van der Waals surface area contributed by atoms with E-state index in [1.54, 1.807) is 45.0 Å². The molecule has 2 aliphatic rings. The van der Waals surface area contributed by atoms with E-state index in [-0.39, 0.29) is 31.0 Å². The number of piperidine rings is 1. The van der Waals surface area contributed by atoms with Crippen molar-refractivity contribution in [3.8, 4) is 0 Å². The van der Waals surface area contributed by atoms with Crippen LogP contribution in [0.4, 0.5) is 25.4 Å². The number of hydrogen-bond acceptors (Lipinski definition) is 7. The molecule has 0 radical (unpaired) electrons. The van der Waals surface area contributed by atoms with Gasteiger partial charge in [-0.1, -0.05) is 11.6 Å². The number of amides is 3. The number of cyclic esters (lactones) is 1. The zero-order chi connectivity index (χ0) is 27.4. The van der Waals surface area contributed by atoms with Gasteiger partial charge in [0.25, 0.3) is 5.91 Å². The first-order valence-corrected chi connectivity index (χ1v) is 13.7. The van der Waals surface area contributed by atoms with Crippen LogP contribution in [0.1, 0.15) is 43.3 Å². The van der Waals surface area contributed by atoms with Gasteiger partial charge in [0.05, 0.1) is 27.2 Å². The Morgan fingerprint density at radius 3 is 2.71 bits per heavy atom. The van der Waals surface area contributed by atoms with Gasteiger partial charge in [0.15, 0.2) is 0 Å². The maximum absolute atomic E-state index is 15.3. The van der Waals surface area contributed by atoms with Crippen molar-refractivity contribution in [3.05, 3.63) is 45.4 Å². The minimum Gasteiger partial charge on any atom is -0.449 e. The number of carbonyl (C=O) groups excluding carboxylic acids is 3. The number of carbonyl (C=O) groups is 3. The quantitative estimate of drug-likeness (QED) is 0.508. The summed E-state index contributed by atoms with van der Waals surface area (Å²) < 4.78 is 26.4. The monoisotopic (exact) mass is 566 g/mol. The van der Waals surface area contributed by atoms with Crippen molar-refractivity contribution in [1.29, 1.82) is 0 Å². The highest BCUT2D eigenvalue weighted by Gasteiger charge is 2.30. The van der Waals surface area contributed by atoms with E-state index in [9.17, 15) is 14.4 Å². The Bertz CT molecular complexity index is 1190. The fourth-order valence-corrected chi connectivity index (χ4v) is 5.41. The van der Waals surface area contributed by atoms with E-state index < -0.39 is 23.6 Å². The zero-order valence-electron chi connectivity index (χ0n) is 21.6. The van der Waals surface area contributed by atoms with Crippen LogP contribution in [0.2, 0.25) is 4.34 Å². The Morgan fingerprint density at radius 1 is 1.24 bits per heavy atom. The number of thiophene rings is 1. The van der Waals surface area contributed by atoms with Crippen molar-refractivity contribution in [2.24, 2.45) is 5.92 Å². The lowest BCUT2D eigenvalue weighted by Gasteiger charge is -2.36. The van der Waals surface area contributed by atoms with E-state index in [1.807, 2.05) is 4.90 Å². The molecular formula is C26H32ClFN4O5S. The molecular weight excluding hydrogens is 535 g/mol. The Hall–Kier alpha value is -3.05. The molecule has 0 saturated carbocycles. The first-order valence-electron chi connectivity index (χ1n) is 12.5. The number of anilines is 2. The smallest absolute Gasteiger partial charge is 0.414 e. The molecule has 2 saturated heterocycles. The third-order valence-electron chi connectivity index (χ3n) is 6.18. The van der Waals surface area contributed by atoms with Gasteiger partial charge in [-0.3, -0.25) is 9.69 Å². The van der Waals surface area contributed by atoms with E-state index in [1.165, 1.54) is 22.3 Å². The van der Waals surface area contributed by atoms with Crippen molar-refractivity contribution < 1.29 is 28.2 Å². The topological polar surface area (TPSA) is 100 Å². The first-order chi connectivity index (χ1) is 18.0. The van der Waals surface area contributed by atoms with Crippen molar-refractivity contribution >= 4 is 52.4 Å². The van der Waals surface area contributed by atoms with Gasteiger partial charge in [0.2, 0.25) is 0 Å². The normalized spacial score (nSPS) is 20.1. The van der Waals surface area contributed by atoms with E-state index in [0.717, 1.165) is 12.8 Å². The van der Waals surface area contributed by atoms with E-state index >= 15 is 4.39 Å². The summed E-state index contributed by atoms with van der Waals surface area (Å²) in [7, 11) is 0. The van der Waals surface area contributed by atoms with Crippen LogP contribution in [0.15, 0.2) is 30.3 Å². The lowest BCUT2D eigenvalue weighted by molar-refractivity contribution is 0.0499. The van der Waals surface area contributed by atoms with E-state index in [0.29, 0.717) is 40.2 Å². The molecule has 2 unspecified atom stereocenters. The molecule has 0 aliphatic carbocycles. The number of nitrogens with one attached hydrogen (secondary N) is 2. The molecule has 3 amide bonds. The SMILES string of the molecule is CC(C)(C)OC(=O)NC1CCCN(c2ccc(N3CC(CNC(=O)c4ccc(Cl)s4)COC3=O)cc2F)C1. The Labute approximate surface area is 230 Å². The molecule has 2 fully saturated rings. The maximum Gasteiger partial charge on any atom is 0.414 e. The number of rotatable bonds is 6. The number of hydrogen-bond donors (Lipinski definition) is 2. The van der Waals surface area contributed by atoms with Gasteiger partial charge in [-0.05, 0) is 63.9 Å². The number of nitrogens with zero attached hydrogens (tertiary/aromatic N) is 2. The van der Waals surface area contributed by atoms with Gasteiger partial charge < -0.3 is 25.0 Å². The molecule has 4 rings (SSSR count). The molecule has 2 aromatic rings. The second kappa shape index (κ2) is 11.8. The fraction of sp³-hybridized carbons (Fsp3) is 0.500. The van der Waals surface area contributed by atoms with Crippen LogP contribution in [0.3, 0.4) is 0 Å². The molecule has 0 spiro atoms. The Kier molecular flexibility index (Phi) is 8.67. The Morgan fingerprint density at radius 2 is 2.03 bits per heavy atom. The maximum atomic E-state index is 15.3. The summed E-state index contributed by atoms with van der Waals surface area (Å²) in [5.74, 6) is -0.892. The molecule has 3 heterocycles. The van der Waals surface area contributed by atoms with Crippen LogP contribution in [-0.4, -0.2) is 62.5 Å². The largest absolute Gasteiger partial charge is 0.449 e. The van der Waals surface area contributed by atoms with Crippen LogP contribution in [0, 0.1) is 11.7 Å². The van der Waals surface area contributed by atoms with Crippen LogP contribution in [-0.2, 0) is 9.47 Å². The Balaban J connectivity index is 1.36. The van der Waals surface area contributed by atoms with Crippen molar-refractivity contribution in [2.75, 3.05) is 42.6 Å². The summed E-state index contributed by atoms with van der Waals surface area (Å²) in [6, 6.07) is 7.77. The van der Waals surface area contributed by atoms with Gasteiger partial charge >= 0.3 is 12.2 Å². The number of alkyl carbamates (subject to hydrolysis) is 1. The summed E-state index contributed by atoms with van der Waals surface area (Å²) in [6.45, 7) is 7.20. The van der Waals surface area contributed by atoms with E-state index in [4.69, 9.17) is 21.1 Å².